The predicted molar refractivity (Wildman–Crippen MR) is 73.1 cm³/mol. The molecule has 2 N–H and O–H groups in total. The SMILES string of the molecule is Cc1nc(NCCCCC(C)C)ccc1C(=O)O. The summed E-state index contributed by atoms with van der Waals surface area (Å²) in [6.45, 7) is 7.05. The monoisotopic (exact) mass is 250 g/mol. The van der Waals surface area contributed by atoms with Gasteiger partial charge in [0, 0.05) is 6.54 Å². The van der Waals surface area contributed by atoms with Crippen molar-refractivity contribution in [1.82, 2.24) is 4.98 Å². The Bertz CT molecular complexity index is 403. The standard InChI is InChI=1S/C14H22N2O2/c1-10(2)6-4-5-9-15-13-8-7-12(14(17)18)11(3)16-13/h7-8,10H,4-6,9H2,1-3H3,(H,15,16)(H,17,18). The molecule has 1 heterocycles. The number of nitrogens with zero attached hydrogens (tertiary/aromatic N) is 1. The Balaban J connectivity index is 2.39. The van der Waals surface area contributed by atoms with Crippen molar-refractivity contribution in [2.75, 3.05) is 11.9 Å². The van der Waals surface area contributed by atoms with Crippen LogP contribution in [0.3, 0.4) is 0 Å². The van der Waals surface area contributed by atoms with E-state index in [-0.39, 0.29) is 5.56 Å². The summed E-state index contributed by atoms with van der Waals surface area (Å²) >= 11 is 0. The van der Waals surface area contributed by atoms with E-state index >= 15 is 0 Å². The molecule has 0 aromatic carbocycles. The average Bonchev–Trinajstić information content (AvgIpc) is 2.27. The number of carboxylic acids is 1. The maximum absolute atomic E-state index is 10.8. The van der Waals surface area contributed by atoms with Crippen molar-refractivity contribution in [2.24, 2.45) is 5.92 Å². The highest BCUT2D eigenvalue weighted by molar-refractivity contribution is 5.89. The van der Waals surface area contributed by atoms with Crippen LogP contribution in [0.5, 0.6) is 0 Å². The number of pyridine rings is 1. The summed E-state index contributed by atoms with van der Waals surface area (Å²) in [5, 5.41) is 12.1. The van der Waals surface area contributed by atoms with Crippen molar-refractivity contribution < 1.29 is 9.90 Å². The van der Waals surface area contributed by atoms with Gasteiger partial charge >= 0.3 is 5.97 Å². The molecule has 0 saturated carbocycles. The lowest BCUT2D eigenvalue weighted by Crippen LogP contribution is -2.07. The second kappa shape index (κ2) is 6.99. The van der Waals surface area contributed by atoms with E-state index in [0.29, 0.717) is 5.69 Å². The molecule has 0 bridgehead atoms. The first-order chi connectivity index (χ1) is 8.50. The summed E-state index contributed by atoms with van der Waals surface area (Å²) in [5.74, 6) is 0.575. The zero-order valence-corrected chi connectivity index (χ0v) is 11.4. The largest absolute Gasteiger partial charge is 0.478 e. The van der Waals surface area contributed by atoms with Gasteiger partial charge in [0.05, 0.1) is 11.3 Å². The molecular formula is C14H22N2O2. The van der Waals surface area contributed by atoms with Gasteiger partial charge in [-0.25, -0.2) is 9.78 Å². The van der Waals surface area contributed by atoms with E-state index in [1.54, 1.807) is 19.1 Å². The van der Waals surface area contributed by atoms with E-state index in [1.807, 2.05) is 0 Å². The molecule has 0 fully saturated rings. The topological polar surface area (TPSA) is 62.2 Å². The fraction of sp³-hybridized carbons (Fsp3) is 0.571. The predicted octanol–water partition coefficient (Wildman–Crippen LogP) is 3.33. The van der Waals surface area contributed by atoms with Crippen LogP contribution in [0.15, 0.2) is 12.1 Å². The van der Waals surface area contributed by atoms with E-state index in [1.165, 1.54) is 12.8 Å². The van der Waals surface area contributed by atoms with Crippen LogP contribution >= 0.6 is 0 Å². The van der Waals surface area contributed by atoms with E-state index in [9.17, 15) is 4.79 Å². The van der Waals surface area contributed by atoms with Crippen LogP contribution < -0.4 is 5.32 Å². The molecule has 18 heavy (non-hydrogen) atoms. The summed E-state index contributed by atoms with van der Waals surface area (Å²) in [6.07, 6.45) is 3.56. The van der Waals surface area contributed by atoms with Crippen LogP contribution in [0.1, 0.15) is 49.2 Å². The normalized spacial score (nSPS) is 10.7. The molecule has 0 aliphatic rings. The Morgan fingerprint density at radius 1 is 1.39 bits per heavy atom. The number of anilines is 1. The van der Waals surface area contributed by atoms with Crippen LogP contribution in [0.2, 0.25) is 0 Å². The fourth-order valence-corrected chi connectivity index (χ4v) is 1.78. The van der Waals surface area contributed by atoms with Gasteiger partial charge in [-0.2, -0.15) is 0 Å². The molecule has 4 heteroatoms. The van der Waals surface area contributed by atoms with E-state index < -0.39 is 5.97 Å². The Hall–Kier alpha value is -1.58. The lowest BCUT2D eigenvalue weighted by molar-refractivity contribution is 0.0695. The minimum absolute atomic E-state index is 0.264. The number of aryl methyl sites for hydroxylation is 1. The number of rotatable bonds is 7. The number of aromatic nitrogens is 1. The molecule has 100 valence electrons. The molecule has 0 amide bonds. The third-order valence-corrected chi connectivity index (χ3v) is 2.83. The first-order valence-corrected chi connectivity index (χ1v) is 6.45. The van der Waals surface area contributed by atoms with E-state index in [0.717, 1.165) is 24.7 Å². The minimum Gasteiger partial charge on any atom is -0.478 e. The Labute approximate surface area is 108 Å². The summed E-state index contributed by atoms with van der Waals surface area (Å²) in [4.78, 5) is 15.1. The van der Waals surface area contributed by atoms with Gasteiger partial charge in [-0.3, -0.25) is 0 Å². The summed E-state index contributed by atoms with van der Waals surface area (Å²) in [6, 6.07) is 3.32. The number of aromatic carboxylic acids is 1. The zero-order valence-electron chi connectivity index (χ0n) is 11.4. The Morgan fingerprint density at radius 3 is 2.67 bits per heavy atom. The third kappa shape index (κ3) is 4.73. The number of unbranched alkanes of at least 4 members (excludes halogenated alkanes) is 1. The first kappa shape index (κ1) is 14.5. The maximum atomic E-state index is 10.8. The van der Waals surface area contributed by atoms with Gasteiger partial charge in [0.2, 0.25) is 0 Å². The van der Waals surface area contributed by atoms with Gasteiger partial charge in [0.15, 0.2) is 0 Å². The molecule has 1 rings (SSSR count). The van der Waals surface area contributed by atoms with Crippen LogP contribution in [0.25, 0.3) is 0 Å². The number of carboxylic acid groups (broad SMARTS) is 1. The number of nitrogens with one attached hydrogen (secondary N) is 1. The van der Waals surface area contributed by atoms with Crippen molar-refractivity contribution >= 4 is 11.8 Å². The molecule has 0 aliphatic heterocycles. The zero-order chi connectivity index (χ0) is 13.5. The van der Waals surface area contributed by atoms with Crippen molar-refractivity contribution in [3.63, 3.8) is 0 Å². The van der Waals surface area contributed by atoms with Gasteiger partial charge in [0.1, 0.15) is 5.82 Å². The fourth-order valence-electron chi connectivity index (χ4n) is 1.78. The molecule has 0 unspecified atom stereocenters. The van der Waals surface area contributed by atoms with Crippen molar-refractivity contribution in [1.29, 1.82) is 0 Å². The molecule has 1 aromatic rings. The number of hydrogen-bond donors (Lipinski definition) is 2. The minimum atomic E-state index is -0.927. The molecule has 0 radical (unpaired) electrons. The van der Waals surface area contributed by atoms with Crippen LogP contribution in [-0.4, -0.2) is 22.6 Å². The summed E-state index contributed by atoms with van der Waals surface area (Å²) < 4.78 is 0. The molecule has 0 aliphatic carbocycles. The van der Waals surface area contributed by atoms with Gasteiger partial charge in [0.25, 0.3) is 0 Å². The second-order valence-electron chi connectivity index (χ2n) is 4.95. The smallest absolute Gasteiger partial charge is 0.337 e. The molecule has 4 nitrogen and oxygen atoms in total. The second-order valence-corrected chi connectivity index (χ2v) is 4.95. The third-order valence-electron chi connectivity index (χ3n) is 2.83. The molecule has 0 atom stereocenters. The van der Waals surface area contributed by atoms with Crippen molar-refractivity contribution in [2.45, 2.75) is 40.0 Å². The van der Waals surface area contributed by atoms with E-state index in [4.69, 9.17) is 5.11 Å². The maximum Gasteiger partial charge on any atom is 0.337 e. The number of carbonyl (C=O) groups is 1. The lowest BCUT2D eigenvalue weighted by atomic mass is 10.1. The van der Waals surface area contributed by atoms with Crippen LogP contribution in [-0.2, 0) is 0 Å². The van der Waals surface area contributed by atoms with E-state index in [2.05, 4.69) is 24.1 Å². The highest BCUT2D eigenvalue weighted by Gasteiger charge is 2.08. The average molecular weight is 250 g/mol. The highest BCUT2D eigenvalue weighted by atomic mass is 16.4. The molecular weight excluding hydrogens is 228 g/mol. The quantitative estimate of drug-likeness (QED) is 0.729. The lowest BCUT2D eigenvalue weighted by Gasteiger charge is -2.08. The van der Waals surface area contributed by atoms with Gasteiger partial charge in [-0.05, 0) is 31.4 Å². The Morgan fingerprint density at radius 2 is 2.11 bits per heavy atom. The van der Waals surface area contributed by atoms with Crippen LogP contribution in [0, 0.1) is 12.8 Å². The molecule has 0 saturated heterocycles. The molecule has 1 aromatic heterocycles. The van der Waals surface area contributed by atoms with Crippen molar-refractivity contribution in [3.05, 3.63) is 23.4 Å². The first-order valence-electron chi connectivity index (χ1n) is 6.45. The van der Waals surface area contributed by atoms with Crippen LogP contribution in [0.4, 0.5) is 5.82 Å². The number of hydrogen-bond acceptors (Lipinski definition) is 3. The molecule has 0 spiro atoms. The van der Waals surface area contributed by atoms with Crippen molar-refractivity contribution in [3.8, 4) is 0 Å². The summed E-state index contributed by atoms with van der Waals surface area (Å²) in [7, 11) is 0. The summed E-state index contributed by atoms with van der Waals surface area (Å²) in [5.41, 5.74) is 0.815. The van der Waals surface area contributed by atoms with Gasteiger partial charge in [-0.1, -0.05) is 26.7 Å². The van der Waals surface area contributed by atoms with Gasteiger partial charge in [-0.15, -0.1) is 0 Å². The highest BCUT2D eigenvalue weighted by Crippen LogP contribution is 2.11. The van der Waals surface area contributed by atoms with Gasteiger partial charge < -0.3 is 10.4 Å². The Kier molecular flexibility index (Phi) is 5.62.